The van der Waals surface area contributed by atoms with Gasteiger partial charge in [-0.3, -0.25) is 19.3 Å². The third kappa shape index (κ3) is 4.10. The van der Waals surface area contributed by atoms with E-state index in [1.807, 2.05) is 22.6 Å². The minimum atomic E-state index is -0.526. The average Bonchev–Trinajstić information content (AvgIpc) is 3.13. The number of ether oxygens (including phenoxy) is 1. The normalized spacial score (nSPS) is 15.6. The number of anilines is 1. The van der Waals surface area contributed by atoms with Crippen molar-refractivity contribution in [2.24, 2.45) is 0 Å². The molecule has 1 fully saturated rings. The van der Waals surface area contributed by atoms with Crippen LogP contribution in [0.3, 0.4) is 0 Å². The van der Waals surface area contributed by atoms with Crippen molar-refractivity contribution in [3.05, 3.63) is 50.8 Å². The molecular formula is C17H13IN2O5S. The number of furan rings is 1. The van der Waals surface area contributed by atoms with Crippen molar-refractivity contribution in [1.82, 2.24) is 4.90 Å². The monoisotopic (exact) mass is 484 g/mol. The predicted octanol–water partition coefficient (Wildman–Crippen LogP) is 3.57. The average molecular weight is 484 g/mol. The Morgan fingerprint density at radius 2 is 2.08 bits per heavy atom. The molecule has 0 unspecified atom stereocenters. The van der Waals surface area contributed by atoms with Crippen LogP contribution in [0, 0.1) is 3.77 Å². The van der Waals surface area contributed by atoms with E-state index in [0.717, 1.165) is 16.7 Å². The molecule has 1 N–H and O–H groups in total. The molecule has 0 saturated carbocycles. The molecule has 1 saturated heterocycles. The molecule has 0 aliphatic carbocycles. The second kappa shape index (κ2) is 7.96. The molecule has 3 rings (SSSR count). The first kappa shape index (κ1) is 18.5. The number of carbonyl (C=O) groups excluding carboxylic acids is 3. The fraction of sp³-hybridized carbons (Fsp3) is 0.118. The number of para-hydroxylation sites is 2. The van der Waals surface area contributed by atoms with Crippen LogP contribution in [0.2, 0.25) is 0 Å². The van der Waals surface area contributed by atoms with Crippen molar-refractivity contribution in [1.29, 1.82) is 0 Å². The second-order valence-electron chi connectivity index (χ2n) is 5.16. The van der Waals surface area contributed by atoms with Crippen molar-refractivity contribution in [2.75, 3.05) is 19.0 Å². The summed E-state index contributed by atoms with van der Waals surface area (Å²) in [7, 11) is 1.49. The molecule has 7 nitrogen and oxygen atoms in total. The van der Waals surface area contributed by atoms with Gasteiger partial charge in [-0.1, -0.05) is 12.1 Å². The molecule has 1 aliphatic heterocycles. The quantitative estimate of drug-likeness (QED) is 0.516. The van der Waals surface area contributed by atoms with Crippen molar-refractivity contribution in [3.63, 3.8) is 0 Å². The van der Waals surface area contributed by atoms with Crippen molar-refractivity contribution < 1.29 is 23.5 Å². The summed E-state index contributed by atoms with van der Waals surface area (Å²) < 4.78 is 11.2. The number of hydrogen-bond donors (Lipinski definition) is 1. The summed E-state index contributed by atoms with van der Waals surface area (Å²) >= 11 is 2.78. The summed E-state index contributed by atoms with van der Waals surface area (Å²) in [6.45, 7) is -0.379. The van der Waals surface area contributed by atoms with Crippen LogP contribution in [0.15, 0.2) is 45.7 Å². The minimum absolute atomic E-state index is 0.214. The lowest BCUT2D eigenvalue weighted by Gasteiger charge is -2.14. The molecular weight excluding hydrogens is 471 g/mol. The largest absolute Gasteiger partial charge is 0.495 e. The first-order chi connectivity index (χ1) is 12.5. The number of thioether (sulfide) groups is 1. The van der Waals surface area contributed by atoms with Gasteiger partial charge in [-0.05, 0) is 58.6 Å². The highest BCUT2D eigenvalue weighted by atomic mass is 127. The van der Waals surface area contributed by atoms with Crippen LogP contribution in [0.4, 0.5) is 10.5 Å². The molecule has 1 aromatic heterocycles. The van der Waals surface area contributed by atoms with Crippen molar-refractivity contribution >= 4 is 63.2 Å². The standard InChI is InChI=1S/C17H13IN2O5S/c1-24-12-5-3-2-4-11(12)19-15(21)9-20-16(22)13(26-17(20)23)8-10-6-7-14(18)25-10/h2-8H,9H2,1H3,(H,19,21)/b13-8-. The number of methoxy groups -OCH3 is 1. The third-order valence-corrected chi connectivity index (χ3v) is 4.91. The Bertz CT molecular complexity index is 908. The maximum absolute atomic E-state index is 12.4. The molecule has 26 heavy (non-hydrogen) atoms. The predicted molar refractivity (Wildman–Crippen MR) is 106 cm³/mol. The number of imide groups is 1. The molecule has 0 spiro atoms. The van der Waals surface area contributed by atoms with E-state index in [9.17, 15) is 14.4 Å². The Hall–Kier alpha value is -2.27. The highest BCUT2D eigenvalue weighted by Gasteiger charge is 2.36. The molecule has 2 aromatic rings. The zero-order valence-electron chi connectivity index (χ0n) is 13.5. The number of nitrogens with zero attached hydrogens (tertiary/aromatic N) is 1. The summed E-state index contributed by atoms with van der Waals surface area (Å²) in [6, 6.07) is 10.3. The third-order valence-electron chi connectivity index (χ3n) is 3.42. The van der Waals surface area contributed by atoms with Gasteiger partial charge in [-0.15, -0.1) is 0 Å². The fourth-order valence-corrected chi connectivity index (χ4v) is 3.51. The van der Waals surface area contributed by atoms with E-state index in [0.29, 0.717) is 21.0 Å². The number of benzene rings is 1. The topological polar surface area (TPSA) is 88.8 Å². The number of carbonyl (C=O) groups is 3. The van der Waals surface area contributed by atoms with E-state index in [4.69, 9.17) is 9.15 Å². The fourth-order valence-electron chi connectivity index (χ4n) is 2.25. The first-order valence-corrected chi connectivity index (χ1v) is 9.31. The lowest BCUT2D eigenvalue weighted by Crippen LogP contribution is -2.36. The van der Waals surface area contributed by atoms with E-state index >= 15 is 0 Å². The Balaban J connectivity index is 1.69. The summed E-state index contributed by atoms with van der Waals surface area (Å²) in [4.78, 5) is 37.8. The van der Waals surface area contributed by atoms with Crippen molar-refractivity contribution in [3.8, 4) is 5.75 Å². The summed E-state index contributed by atoms with van der Waals surface area (Å²) in [6.07, 6.45) is 1.49. The molecule has 0 atom stereocenters. The Morgan fingerprint density at radius 3 is 2.77 bits per heavy atom. The van der Waals surface area contributed by atoms with Gasteiger partial charge in [0.1, 0.15) is 18.1 Å². The van der Waals surface area contributed by atoms with E-state index < -0.39 is 17.1 Å². The smallest absolute Gasteiger partial charge is 0.294 e. The molecule has 0 radical (unpaired) electrons. The van der Waals surface area contributed by atoms with Crippen LogP contribution < -0.4 is 10.1 Å². The second-order valence-corrected chi connectivity index (χ2v) is 7.21. The van der Waals surface area contributed by atoms with E-state index in [-0.39, 0.29) is 11.4 Å². The van der Waals surface area contributed by atoms with Gasteiger partial charge in [0, 0.05) is 6.08 Å². The highest BCUT2D eigenvalue weighted by Crippen LogP contribution is 2.32. The van der Waals surface area contributed by atoms with Gasteiger partial charge in [0.05, 0.1) is 17.7 Å². The maximum atomic E-state index is 12.4. The SMILES string of the molecule is COc1ccccc1NC(=O)CN1C(=O)S/C(=C\c2ccc(I)o2)C1=O. The summed E-state index contributed by atoms with van der Waals surface area (Å²) in [5.74, 6) is -0.0622. The lowest BCUT2D eigenvalue weighted by atomic mass is 10.3. The Morgan fingerprint density at radius 1 is 1.31 bits per heavy atom. The maximum Gasteiger partial charge on any atom is 0.294 e. The molecule has 1 aliphatic rings. The van der Waals surface area contributed by atoms with Crippen LogP contribution in [0.5, 0.6) is 5.75 Å². The van der Waals surface area contributed by atoms with Gasteiger partial charge in [-0.25, -0.2) is 0 Å². The zero-order valence-corrected chi connectivity index (χ0v) is 16.5. The van der Waals surface area contributed by atoms with Crippen molar-refractivity contribution in [2.45, 2.75) is 0 Å². The van der Waals surface area contributed by atoms with Crippen LogP contribution >= 0.6 is 34.4 Å². The van der Waals surface area contributed by atoms with Gasteiger partial charge in [0.2, 0.25) is 5.91 Å². The Labute approximate surface area is 166 Å². The number of nitrogens with one attached hydrogen (secondary N) is 1. The number of hydrogen-bond acceptors (Lipinski definition) is 6. The lowest BCUT2D eigenvalue weighted by molar-refractivity contribution is -0.127. The van der Waals surface area contributed by atoms with E-state index in [2.05, 4.69) is 5.32 Å². The number of rotatable bonds is 5. The highest BCUT2D eigenvalue weighted by molar-refractivity contribution is 14.1. The molecule has 1 aromatic carbocycles. The number of halogens is 1. The molecule has 2 heterocycles. The minimum Gasteiger partial charge on any atom is -0.495 e. The van der Waals surface area contributed by atoms with Gasteiger partial charge in [0.25, 0.3) is 11.1 Å². The summed E-state index contributed by atoms with van der Waals surface area (Å²) in [5.41, 5.74) is 0.465. The summed E-state index contributed by atoms with van der Waals surface area (Å²) in [5, 5.41) is 2.14. The molecule has 134 valence electrons. The first-order valence-electron chi connectivity index (χ1n) is 7.41. The van der Waals surface area contributed by atoms with Gasteiger partial charge >= 0.3 is 0 Å². The van der Waals surface area contributed by atoms with Crippen LogP contribution in [0.1, 0.15) is 5.76 Å². The molecule has 9 heteroatoms. The van der Waals surface area contributed by atoms with Crippen LogP contribution in [-0.2, 0) is 9.59 Å². The molecule has 0 bridgehead atoms. The molecule has 3 amide bonds. The van der Waals surface area contributed by atoms with Gasteiger partial charge < -0.3 is 14.5 Å². The van der Waals surface area contributed by atoms with Crippen LogP contribution in [-0.4, -0.2) is 35.6 Å². The van der Waals surface area contributed by atoms with E-state index in [1.165, 1.54) is 13.2 Å². The number of amides is 3. The van der Waals surface area contributed by atoms with Crippen LogP contribution in [0.25, 0.3) is 6.08 Å². The van der Waals surface area contributed by atoms with Gasteiger partial charge in [0.15, 0.2) is 3.77 Å². The van der Waals surface area contributed by atoms with Gasteiger partial charge in [-0.2, -0.15) is 0 Å². The Kier molecular flexibility index (Phi) is 5.67. The zero-order chi connectivity index (χ0) is 18.7. The van der Waals surface area contributed by atoms with E-state index in [1.54, 1.807) is 36.4 Å².